The van der Waals surface area contributed by atoms with E-state index in [9.17, 15) is 19.5 Å². The van der Waals surface area contributed by atoms with Crippen LogP contribution in [0.5, 0.6) is 0 Å². The van der Waals surface area contributed by atoms with Crippen LogP contribution in [0.4, 0.5) is 15.3 Å². The quantitative estimate of drug-likeness (QED) is 0.804. The minimum Gasteiger partial charge on any atom is -0.479 e. The first-order valence-corrected chi connectivity index (χ1v) is 7.17. The van der Waals surface area contributed by atoms with Crippen LogP contribution < -0.4 is 10.6 Å². The summed E-state index contributed by atoms with van der Waals surface area (Å²) in [6, 6.07) is 14.1. The van der Waals surface area contributed by atoms with Crippen molar-refractivity contribution in [3.63, 3.8) is 0 Å². The second kappa shape index (κ2) is 7.77. The number of hydrogen-bond acceptors (Lipinski definition) is 3. The average molecular weight is 327 g/mol. The molecular formula is C17H17N3O4. The number of carboxylic acids is 1. The zero-order valence-corrected chi connectivity index (χ0v) is 13.0. The van der Waals surface area contributed by atoms with E-state index in [0.29, 0.717) is 11.3 Å². The SMILES string of the molecule is CN(C(=O)Nc1ccccc1)C(=O)NC(C(=O)O)c1ccccc1. The number of nitrogens with one attached hydrogen (secondary N) is 2. The number of imide groups is 1. The molecule has 0 bridgehead atoms. The summed E-state index contributed by atoms with van der Waals surface area (Å²) < 4.78 is 0. The van der Waals surface area contributed by atoms with Crippen LogP contribution in [0.1, 0.15) is 11.6 Å². The maximum Gasteiger partial charge on any atom is 0.330 e. The largest absolute Gasteiger partial charge is 0.479 e. The van der Waals surface area contributed by atoms with Crippen LogP contribution in [-0.2, 0) is 4.79 Å². The highest BCUT2D eigenvalue weighted by Gasteiger charge is 2.25. The van der Waals surface area contributed by atoms with Gasteiger partial charge < -0.3 is 15.7 Å². The van der Waals surface area contributed by atoms with Crippen molar-refractivity contribution in [2.45, 2.75) is 6.04 Å². The Bertz CT molecular complexity index is 719. The molecule has 0 aliphatic carbocycles. The zero-order chi connectivity index (χ0) is 17.5. The number of amides is 4. The fraction of sp³-hybridized carbons (Fsp3) is 0.118. The molecule has 124 valence electrons. The van der Waals surface area contributed by atoms with E-state index in [1.165, 1.54) is 7.05 Å². The summed E-state index contributed by atoms with van der Waals surface area (Å²) in [5, 5.41) is 14.2. The summed E-state index contributed by atoms with van der Waals surface area (Å²) in [5.74, 6) is -1.22. The van der Waals surface area contributed by atoms with Gasteiger partial charge in [-0.25, -0.2) is 19.3 Å². The molecule has 7 heteroatoms. The van der Waals surface area contributed by atoms with Gasteiger partial charge in [-0.1, -0.05) is 48.5 Å². The van der Waals surface area contributed by atoms with Gasteiger partial charge in [0, 0.05) is 12.7 Å². The molecule has 0 radical (unpaired) electrons. The molecule has 4 amide bonds. The summed E-state index contributed by atoms with van der Waals surface area (Å²) in [4.78, 5) is 36.4. The van der Waals surface area contributed by atoms with Gasteiger partial charge in [-0.3, -0.25) is 0 Å². The van der Waals surface area contributed by atoms with Crippen molar-refractivity contribution in [1.82, 2.24) is 10.2 Å². The van der Waals surface area contributed by atoms with Crippen molar-refractivity contribution in [1.29, 1.82) is 0 Å². The summed E-state index contributed by atoms with van der Waals surface area (Å²) in [7, 11) is 1.26. The van der Waals surface area contributed by atoms with Crippen molar-refractivity contribution in [2.75, 3.05) is 12.4 Å². The Morgan fingerprint density at radius 3 is 2.00 bits per heavy atom. The standard InChI is InChI=1S/C17H17N3O4/c1-20(16(23)18-13-10-6-3-7-11-13)17(24)19-14(15(21)22)12-8-4-2-5-9-12/h2-11,14H,1H3,(H,18,23)(H,19,24)(H,21,22). The molecule has 7 nitrogen and oxygen atoms in total. The lowest BCUT2D eigenvalue weighted by molar-refractivity contribution is -0.139. The number of hydrogen-bond donors (Lipinski definition) is 3. The highest BCUT2D eigenvalue weighted by molar-refractivity contribution is 6.01. The van der Waals surface area contributed by atoms with Gasteiger partial charge in [-0.2, -0.15) is 0 Å². The lowest BCUT2D eigenvalue weighted by atomic mass is 10.1. The molecule has 0 fully saturated rings. The highest BCUT2D eigenvalue weighted by Crippen LogP contribution is 2.13. The number of rotatable bonds is 4. The fourth-order valence-corrected chi connectivity index (χ4v) is 1.97. The molecule has 2 aromatic rings. The summed E-state index contributed by atoms with van der Waals surface area (Å²) >= 11 is 0. The topological polar surface area (TPSA) is 98.7 Å². The molecule has 0 saturated carbocycles. The molecular weight excluding hydrogens is 310 g/mol. The molecule has 0 aliphatic heterocycles. The Kier molecular flexibility index (Phi) is 5.51. The van der Waals surface area contributed by atoms with E-state index in [0.717, 1.165) is 4.90 Å². The van der Waals surface area contributed by atoms with Crippen molar-refractivity contribution in [3.8, 4) is 0 Å². The van der Waals surface area contributed by atoms with E-state index < -0.39 is 24.1 Å². The fourth-order valence-electron chi connectivity index (χ4n) is 1.97. The number of carboxylic acid groups (broad SMARTS) is 1. The third-order valence-electron chi connectivity index (χ3n) is 3.28. The first-order valence-electron chi connectivity index (χ1n) is 7.17. The van der Waals surface area contributed by atoms with Crippen LogP contribution >= 0.6 is 0 Å². The Morgan fingerprint density at radius 1 is 0.917 bits per heavy atom. The second-order valence-corrected chi connectivity index (χ2v) is 4.99. The number of carbonyl (C=O) groups excluding carboxylic acids is 2. The molecule has 0 heterocycles. The number of benzene rings is 2. The molecule has 1 unspecified atom stereocenters. The number of carbonyl (C=O) groups is 3. The lowest BCUT2D eigenvalue weighted by Gasteiger charge is -2.20. The molecule has 0 saturated heterocycles. The van der Waals surface area contributed by atoms with Crippen LogP contribution in [0.3, 0.4) is 0 Å². The second-order valence-electron chi connectivity index (χ2n) is 4.99. The molecule has 24 heavy (non-hydrogen) atoms. The summed E-state index contributed by atoms with van der Waals surface area (Å²) in [5.41, 5.74) is 0.940. The Balaban J connectivity index is 2.04. The van der Waals surface area contributed by atoms with Gasteiger partial charge >= 0.3 is 18.0 Å². The number of para-hydroxylation sites is 1. The third kappa shape index (κ3) is 4.33. The van der Waals surface area contributed by atoms with Crippen molar-refractivity contribution < 1.29 is 19.5 Å². The number of anilines is 1. The predicted molar refractivity (Wildman–Crippen MR) is 88.6 cm³/mol. The molecule has 0 aliphatic rings. The van der Waals surface area contributed by atoms with E-state index >= 15 is 0 Å². The van der Waals surface area contributed by atoms with Gasteiger partial charge in [0.25, 0.3) is 0 Å². The molecule has 0 spiro atoms. The van der Waals surface area contributed by atoms with E-state index in [1.54, 1.807) is 60.7 Å². The number of urea groups is 2. The predicted octanol–water partition coefficient (Wildman–Crippen LogP) is 2.69. The third-order valence-corrected chi connectivity index (χ3v) is 3.28. The molecule has 2 rings (SSSR count). The minimum absolute atomic E-state index is 0.412. The molecule has 3 N–H and O–H groups in total. The van der Waals surface area contributed by atoms with E-state index in [1.807, 2.05) is 0 Å². The molecule has 0 aromatic heterocycles. The minimum atomic E-state index is -1.24. The molecule has 1 atom stereocenters. The Hall–Kier alpha value is -3.35. The highest BCUT2D eigenvalue weighted by atomic mass is 16.4. The smallest absolute Gasteiger partial charge is 0.330 e. The van der Waals surface area contributed by atoms with Crippen molar-refractivity contribution in [2.24, 2.45) is 0 Å². The van der Waals surface area contributed by atoms with Crippen LogP contribution in [0.25, 0.3) is 0 Å². The van der Waals surface area contributed by atoms with Gasteiger partial charge in [-0.15, -0.1) is 0 Å². The Labute approximate surface area is 138 Å². The summed E-state index contributed by atoms with van der Waals surface area (Å²) in [6.07, 6.45) is 0. The van der Waals surface area contributed by atoms with Crippen LogP contribution in [0, 0.1) is 0 Å². The zero-order valence-electron chi connectivity index (χ0n) is 13.0. The van der Waals surface area contributed by atoms with Gasteiger partial charge in [0.1, 0.15) is 0 Å². The maximum atomic E-state index is 12.2. The maximum absolute atomic E-state index is 12.2. The van der Waals surface area contributed by atoms with Gasteiger partial charge in [-0.05, 0) is 17.7 Å². The van der Waals surface area contributed by atoms with Crippen molar-refractivity contribution >= 4 is 23.7 Å². The average Bonchev–Trinajstić information content (AvgIpc) is 2.60. The van der Waals surface area contributed by atoms with Crippen LogP contribution in [0.15, 0.2) is 60.7 Å². The van der Waals surface area contributed by atoms with Crippen LogP contribution in [-0.4, -0.2) is 35.1 Å². The number of aliphatic carboxylic acids is 1. The monoisotopic (exact) mass is 327 g/mol. The summed E-state index contributed by atoms with van der Waals surface area (Å²) in [6.45, 7) is 0. The van der Waals surface area contributed by atoms with Crippen LogP contribution in [0.2, 0.25) is 0 Å². The normalized spacial score (nSPS) is 11.2. The number of nitrogens with zero attached hydrogens (tertiary/aromatic N) is 1. The first kappa shape index (κ1) is 17.0. The van der Waals surface area contributed by atoms with E-state index in [2.05, 4.69) is 10.6 Å². The first-order chi connectivity index (χ1) is 11.5. The van der Waals surface area contributed by atoms with E-state index in [4.69, 9.17) is 0 Å². The Morgan fingerprint density at radius 2 is 1.46 bits per heavy atom. The van der Waals surface area contributed by atoms with Gasteiger partial charge in [0.2, 0.25) is 0 Å². The van der Waals surface area contributed by atoms with Gasteiger partial charge in [0.05, 0.1) is 0 Å². The van der Waals surface area contributed by atoms with Crippen molar-refractivity contribution in [3.05, 3.63) is 66.2 Å². The van der Waals surface area contributed by atoms with E-state index in [-0.39, 0.29) is 0 Å². The lowest BCUT2D eigenvalue weighted by Crippen LogP contribution is -2.46. The molecule has 2 aromatic carbocycles. The van der Waals surface area contributed by atoms with Gasteiger partial charge in [0.15, 0.2) is 6.04 Å².